The highest BCUT2D eigenvalue weighted by Gasteiger charge is 2.09. The van der Waals surface area contributed by atoms with Crippen molar-refractivity contribution >= 4 is 22.8 Å². The van der Waals surface area contributed by atoms with Gasteiger partial charge in [-0.2, -0.15) is 0 Å². The van der Waals surface area contributed by atoms with Crippen LogP contribution >= 0.6 is 0 Å². The second kappa shape index (κ2) is 5.06. The average Bonchev–Trinajstić information content (AvgIpc) is 2.65. The van der Waals surface area contributed by atoms with E-state index in [1.165, 1.54) is 0 Å². The maximum absolute atomic E-state index is 12.0. The number of aromatic nitrogens is 1. The molecule has 4 heteroatoms. The number of ketones is 1. The summed E-state index contributed by atoms with van der Waals surface area (Å²) in [5.41, 5.74) is 2.60. The number of hydrogen-bond donors (Lipinski definition) is 2. The first-order valence-electron chi connectivity index (χ1n) is 6.75. The number of benzene rings is 1. The number of allylic oxidation sites excluding steroid dienone is 1. The summed E-state index contributed by atoms with van der Waals surface area (Å²) >= 11 is 0. The molecule has 0 aliphatic carbocycles. The van der Waals surface area contributed by atoms with Crippen molar-refractivity contribution in [3.05, 3.63) is 46.7 Å². The number of Topliss-reactive ketones (excluding diaryl/α,β-unsaturated/α-hetero) is 1. The summed E-state index contributed by atoms with van der Waals surface area (Å²) in [6.07, 6.45) is 6.05. The number of H-pyrrole nitrogens is 1. The van der Waals surface area contributed by atoms with Gasteiger partial charge in [0.2, 0.25) is 0 Å². The lowest BCUT2D eigenvalue weighted by molar-refractivity contribution is 0.0993. The highest BCUT2D eigenvalue weighted by molar-refractivity contribution is 6.00. The van der Waals surface area contributed by atoms with Gasteiger partial charge in [0, 0.05) is 27.9 Å². The van der Waals surface area contributed by atoms with E-state index in [1.807, 2.05) is 24.4 Å². The second-order valence-corrected chi connectivity index (χ2v) is 5.10. The van der Waals surface area contributed by atoms with Crippen LogP contribution in [0.4, 0.5) is 0 Å². The number of nitrogens with one attached hydrogen (secondary N) is 2. The lowest BCUT2D eigenvalue weighted by Gasteiger charge is -2.00. The fourth-order valence-corrected chi connectivity index (χ4v) is 2.48. The van der Waals surface area contributed by atoms with Crippen molar-refractivity contribution < 1.29 is 4.79 Å². The minimum atomic E-state index is 0.0982. The quantitative estimate of drug-likeness (QED) is 0.819. The van der Waals surface area contributed by atoms with E-state index in [4.69, 9.17) is 0 Å². The topological polar surface area (TPSA) is 57.2 Å². The van der Waals surface area contributed by atoms with Crippen molar-refractivity contribution in [3.63, 3.8) is 0 Å². The van der Waals surface area contributed by atoms with E-state index in [1.54, 1.807) is 7.05 Å². The summed E-state index contributed by atoms with van der Waals surface area (Å²) in [5.74, 6) is 0.428. The van der Waals surface area contributed by atoms with Gasteiger partial charge in [0.1, 0.15) is 5.49 Å². The first-order valence-corrected chi connectivity index (χ1v) is 6.75. The third kappa shape index (κ3) is 2.18. The first kappa shape index (κ1) is 12.8. The largest absolute Gasteiger partial charge is 0.339 e. The van der Waals surface area contributed by atoms with Crippen LogP contribution in [0.5, 0.6) is 0 Å². The van der Waals surface area contributed by atoms with Crippen LogP contribution in [-0.4, -0.2) is 24.4 Å². The van der Waals surface area contributed by atoms with Gasteiger partial charge in [0.05, 0.1) is 6.54 Å². The fourth-order valence-electron chi connectivity index (χ4n) is 2.48. The summed E-state index contributed by atoms with van der Waals surface area (Å²) < 4.78 is 0. The van der Waals surface area contributed by atoms with Gasteiger partial charge >= 0.3 is 0 Å². The standard InChI is InChI=1S/C16H17N3O/c1-10-5-6-18-16-13(7-10)12-8-11(15(20)9-17-2)3-4-14(12)19-16/h3-8,10,17H,9H2,1-2H3,(H,18,19). The molecule has 1 unspecified atom stereocenters. The minimum Gasteiger partial charge on any atom is -0.339 e. The maximum atomic E-state index is 12.0. The van der Waals surface area contributed by atoms with Gasteiger partial charge in [0.25, 0.3) is 0 Å². The van der Waals surface area contributed by atoms with Crippen molar-refractivity contribution in [2.45, 2.75) is 6.92 Å². The van der Waals surface area contributed by atoms with Crippen LogP contribution in [0.3, 0.4) is 0 Å². The lowest BCUT2D eigenvalue weighted by atomic mass is 10.1. The van der Waals surface area contributed by atoms with E-state index in [2.05, 4.69) is 34.4 Å². The Balaban J connectivity index is 2.23. The molecular formula is C16H17N3O. The molecule has 0 fully saturated rings. The molecule has 0 bridgehead atoms. The molecule has 2 heterocycles. The number of aromatic amines is 1. The summed E-state index contributed by atoms with van der Waals surface area (Å²) in [7, 11) is 1.78. The van der Waals surface area contributed by atoms with Crippen LogP contribution in [0, 0.1) is 5.92 Å². The van der Waals surface area contributed by atoms with E-state index >= 15 is 0 Å². The van der Waals surface area contributed by atoms with Gasteiger partial charge in [-0.3, -0.25) is 4.79 Å². The van der Waals surface area contributed by atoms with Gasteiger partial charge in [-0.25, -0.2) is 4.99 Å². The smallest absolute Gasteiger partial charge is 0.176 e. The van der Waals surface area contributed by atoms with Crippen LogP contribution in [0.25, 0.3) is 17.0 Å². The predicted octanol–water partition coefficient (Wildman–Crippen LogP) is 1.13. The Bertz CT molecular complexity index is 814. The highest BCUT2D eigenvalue weighted by Crippen LogP contribution is 2.11. The zero-order valence-corrected chi connectivity index (χ0v) is 11.6. The molecule has 0 saturated carbocycles. The monoisotopic (exact) mass is 267 g/mol. The highest BCUT2D eigenvalue weighted by atomic mass is 16.1. The number of hydrogen-bond acceptors (Lipinski definition) is 3. The number of carbonyl (C=O) groups excluding carboxylic acids is 1. The van der Waals surface area contributed by atoms with E-state index in [0.29, 0.717) is 12.5 Å². The summed E-state index contributed by atoms with van der Waals surface area (Å²) in [4.78, 5) is 19.7. The van der Waals surface area contributed by atoms with Gasteiger partial charge in [-0.15, -0.1) is 0 Å². The molecule has 1 aromatic carbocycles. The molecule has 102 valence electrons. The molecule has 2 aromatic rings. The molecule has 0 amide bonds. The third-order valence-corrected chi connectivity index (χ3v) is 3.50. The number of rotatable bonds is 3. The molecule has 1 aliphatic rings. The van der Waals surface area contributed by atoms with Gasteiger partial charge in [0.15, 0.2) is 5.78 Å². The molecular weight excluding hydrogens is 250 g/mol. The number of nitrogens with zero attached hydrogens (tertiary/aromatic N) is 1. The first-order chi connectivity index (χ1) is 9.69. The molecule has 0 spiro atoms. The van der Waals surface area contributed by atoms with E-state index in [-0.39, 0.29) is 5.78 Å². The Morgan fingerprint density at radius 3 is 3.10 bits per heavy atom. The number of likely N-dealkylation sites (N-methyl/N-ethyl adjacent to an activating group) is 1. The molecule has 0 radical (unpaired) electrons. The van der Waals surface area contributed by atoms with Crippen molar-refractivity contribution in [3.8, 4) is 0 Å². The second-order valence-electron chi connectivity index (χ2n) is 5.10. The third-order valence-electron chi connectivity index (χ3n) is 3.50. The molecule has 2 N–H and O–H groups in total. The average molecular weight is 267 g/mol. The maximum Gasteiger partial charge on any atom is 0.176 e. The van der Waals surface area contributed by atoms with Crippen molar-refractivity contribution in [2.75, 3.05) is 13.6 Å². The van der Waals surface area contributed by atoms with Gasteiger partial charge in [-0.1, -0.05) is 19.1 Å². The summed E-state index contributed by atoms with van der Waals surface area (Å²) in [5, 5.41) is 5.03. The summed E-state index contributed by atoms with van der Waals surface area (Å²) in [6, 6.07) is 5.76. The Kier molecular flexibility index (Phi) is 3.24. The minimum absolute atomic E-state index is 0.0982. The Labute approximate surface area is 116 Å². The number of fused-ring (bicyclic) bond motifs is 3. The predicted molar refractivity (Wildman–Crippen MR) is 80.1 cm³/mol. The van der Waals surface area contributed by atoms with Gasteiger partial charge in [-0.05, 0) is 31.2 Å². The van der Waals surface area contributed by atoms with Crippen LogP contribution in [-0.2, 0) is 0 Å². The van der Waals surface area contributed by atoms with Crippen LogP contribution in [0.15, 0.2) is 35.5 Å². The molecule has 3 rings (SSSR count). The Hall–Kier alpha value is -2.20. The van der Waals surface area contributed by atoms with Crippen LogP contribution in [0.1, 0.15) is 17.3 Å². The number of carbonyl (C=O) groups is 1. The Morgan fingerprint density at radius 1 is 1.45 bits per heavy atom. The molecule has 1 aromatic heterocycles. The molecule has 1 aliphatic heterocycles. The van der Waals surface area contributed by atoms with Crippen molar-refractivity contribution in [1.82, 2.24) is 10.3 Å². The fraction of sp³-hybridized carbons (Fsp3) is 0.250. The van der Waals surface area contributed by atoms with E-state index in [9.17, 15) is 4.79 Å². The summed E-state index contributed by atoms with van der Waals surface area (Å²) in [6.45, 7) is 2.47. The molecule has 0 saturated heterocycles. The SMILES string of the molecule is CNCC(=O)c1ccc2[nH]c3c(c2c1)=CC(C)C=CN=3. The zero-order valence-electron chi connectivity index (χ0n) is 11.6. The van der Waals surface area contributed by atoms with E-state index in [0.717, 1.165) is 27.2 Å². The van der Waals surface area contributed by atoms with E-state index < -0.39 is 0 Å². The van der Waals surface area contributed by atoms with Crippen molar-refractivity contribution in [1.29, 1.82) is 0 Å². The Morgan fingerprint density at radius 2 is 2.30 bits per heavy atom. The normalized spacial score (nSPS) is 17.2. The lowest BCUT2D eigenvalue weighted by Crippen LogP contribution is -2.23. The molecule has 20 heavy (non-hydrogen) atoms. The van der Waals surface area contributed by atoms with Crippen molar-refractivity contribution in [2.24, 2.45) is 10.9 Å². The van der Waals surface area contributed by atoms with Gasteiger partial charge < -0.3 is 10.3 Å². The zero-order chi connectivity index (χ0) is 14.1. The molecule has 1 atom stereocenters. The van der Waals surface area contributed by atoms with Crippen LogP contribution < -0.4 is 16.0 Å². The van der Waals surface area contributed by atoms with Crippen LogP contribution in [0.2, 0.25) is 0 Å². The molecule has 4 nitrogen and oxygen atoms in total.